The minimum absolute atomic E-state index is 0.177. The molecule has 4 heterocycles. The van der Waals surface area contributed by atoms with Crippen LogP contribution in [0.4, 0.5) is 14.6 Å². The Kier molecular flexibility index (Phi) is 7.58. The van der Waals surface area contributed by atoms with Gasteiger partial charge in [-0.3, -0.25) is 10.3 Å². The van der Waals surface area contributed by atoms with Crippen molar-refractivity contribution in [3.05, 3.63) is 36.4 Å². The van der Waals surface area contributed by atoms with Crippen LogP contribution in [-0.4, -0.2) is 93.9 Å². The van der Waals surface area contributed by atoms with Crippen LogP contribution in [0.5, 0.6) is 0 Å². The van der Waals surface area contributed by atoms with Gasteiger partial charge >= 0.3 is 0 Å². The molecule has 12 heteroatoms. The summed E-state index contributed by atoms with van der Waals surface area (Å²) in [5.74, 6) is 1.22. The summed E-state index contributed by atoms with van der Waals surface area (Å²) in [6.45, 7) is 4.48. The zero-order valence-electron chi connectivity index (χ0n) is 18.2. The molecule has 0 bridgehead atoms. The summed E-state index contributed by atoms with van der Waals surface area (Å²) in [6.07, 6.45) is 4.57. The first-order valence-electron chi connectivity index (χ1n) is 10.6. The highest BCUT2D eigenvalue weighted by atomic mass is 32.2. The lowest BCUT2D eigenvalue weighted by Gasteiger charge is -2.48. The maximum atomic E-state index is 12.5. The molecule has 4 rings (SSSR count). The first kappa shape index (κ1) is 23.6. The van der Waals surface area contributed by atoms with Crippen LogP contribution in [0, 0.1) is 5.41 Å². The Morgan fingerprint density at radius 1 is 1.42 bits per heavy atom. The molecular formula is C21H27F2N7O2S. The molecule has 0 saturated carbocycles. The Morgan fingerprint density at radius 3 is 2.94 bits per heavy atom. The summed E-state index contributed by atoms with van der Waals surface area (Å²) >= 11 is 0. The van der Waals surface area contributed by atoms with Gasteiger partial charge in [0.1, 0.15) is 11.6 Å². The van der Waals surface area contributed by atoms with Gasteiger partial charge in [-0.05, 0) is 24.3 Å². The summed E-state index contributed by atoms with van der Waals surface area (Å²) in [4.78, 5) is 16.5. The molecular weight excluding hydrogens is 452 g/mol. The highest BCUT2D eigenvalue weighted by Crippen LogP contribution is 2.25. The Balaban J connectivity index is 1.47. The third kappa shape index (κ3) is 5.88. The summed E-state index contributed by atoms with van der Waals surface area (Å²) in [6, 6.07) is 4.39. The van der Waals surface area contributed by atoms with Crippen LogP contribution in [0.3, 0.4) is 0 Å². The number of aromatic amines is 1. The van der Waals surface area contributed by atoms with E-state index in [1.807, 2.05) is 12.1 Å². The predicted octanol–water partition coefficient (Wildman–Crippen LogP) is 1.54. The minimum Gasteiger partial charge on any atom is -0.378 e. The van der Waals surface area contributed by atoms with Crippen molar-refractivity contribution in [1.29, 1.82) is 5.41 Å². The summed E-state index contributed by atoms with van der Waals surface area (Å²) in [5, 5.41) is 7.21. The van der Waals surface area contributed by atoms with E-state index in [0.29, 0.717) is 18.4 Å². The molecule has 0 spiro atoms. The predicted molar refractivity (Wildman–Crippen MR) is 124 cm³/mol. The van der Waals surface area contributed by atoms with Crippen LogP contribution >= 0.6 is 0 Å². The lowest BCUT2D eigenvalue weighted by atomic mass is 10.1. The first-order valence-corrected chi connectivity index (χ1v) is 12.2. The highest BCUT2D eigenvalue weighted by Gasteiger charge is 2.35. The van der Waals surface area contributed by atoms with Crippen molar-refractivity contribution < 1.29 is 17.7 Å². The molecule has 178 valence electrons. The summed E-state index contributed by atoms with van der Waals surface area (Å²) in [5.41, 5.74) is 0.838. The van der Waals surface area contributed by atoms with E-state index in [-0.39, 0.29) is 6.04 Å². The number of hydrogen-bond acceptors (Lipinski definition) is 7. The monoisotopic (exact) mass is 479 g/mol. The number of piperazine rings is 1. The number of halogens is 2. The lowest BCUT2D eigenvalue weighted by molar-refractivity contribution is -0.0808. The molecule has 2 saturated heterocycles. The zero-order valence-corrected chi connectivity index (χ0v) is 19.0. The number of ether oxygens (including phenoxy) is 1. The van der Waals surface area contributed by atoms with Crippen molar-refractivity contribution in [1.82, 2.24) is 24.6 Å². The second-order valence-corrected chi connectivity index (χ2v) is 9.20. The van der Waals surface area contributed by atoms with E-state index in [2.05, 4.69) is 29.5 Å². The maximum absolute atomic E-state index is 12.5. The summed E-state index contributed by atoms with van der Waals surface area (Å²) in [7, 11) is -1.08. The molecule has 33 heavy (non-hydrogen) atoms. The maximum Gasteiger partial charge on any atom is 0.279 e. The molecule has 2 aliphatic rings. The average Bonchev–Trinajstić information content (AvgIpc) is 3.24. The second kappa shape index (κ2) is 10.6. The van der Waals surface area contributed by atoms with Gasteiger partial charge in [0, 0.05) is 50.2 Å². The van der Waals surface area contributed by atoms with E-state index in [1.165, 1.54) is 6.08 Å². The van der Waals surface area contributed by atoms with Crippen molar-refractivity contribution in [2.45, 2.75) is 18.5 Å². The van der Waals surface area contributed by atoms with Crippen molar-refractivity contribution in [2.24, 2.45) is 0 Å². The molecule has 0 radical (unpaired) electrons. The fraction of sp³-hybridized carbons (Fsp3) is 0.476. The number of nitrogens with one attached hydrogen (secondary N) is 3. The Hall–Kier alpha value is -2.54. The fourth-order valence-corrected chi connectivity index (χ4v) is 4.36. The Morgan fingerprint density at radius 2 is 2.24 bits per heavy atom. The van der Waals surface area contributed by atoms with Crippen molar-refractivity contribution in [3.63, 3.8) is 0 Å². The van der Waals surface area contributed by atoms with Gasteiger partial charge in [0.15, 0.2) is 0 Å². The Bertz CT molecular complexity index is 1030. The molecule has 0 amide bonds. The molecule has 2 fully saturated rings. The molecule has 0 aliphatic carbocycles. The number of allylic oxidation sites excluding steroid dienone is 1. The van der Waals surface area contributed by atoms with E-state index in [1.54, 1.807) is 18.6 Å². The first-order chi connectivity index (χ1) is 15.9. The van der Waals surface area contributed by atoms with E-state index in [9.17, 15) is 13.0 Å². The van der Waals surface area contributed by atoms with Crippen LogP contribution in [-0.2, 0) is 15.7 Å². The third-order valence-corrected chi connectivity index (χ3v) is 6.35. The molecule has 3 N–H and O–H groups in total. The van der Waals surface area contributed by atoms with Crippen LogP contribution < -0.4 is 9.62 Å². The van der Waals surface area contributed by atoms with E-state index in [4.69, 9.17) is 10.1 Å². The number of aromatic nitrogens is 3. The van der Waals surface area contributed by atoms with Gasteiger partial charge in [-0.2, -0.15) is 0 Å². The topological polar surface area (TPSA) is 110 Å². The van der Waals surface area contributed by atoms with E-state index < -0.39 is 23.1 Å². The van der Waals surface area contributed by atoms with Gasteiger partial charge < -0.3 is 14.6 Å². The van der Waals surface area contributed by atoms with Crippen LogP contribution in [0.25, 0.3) is 17.3 Å². The number of anilines is 1. The molecule has 9 nitrogen and oxygen atoms in total. The largest absolute Gasteiger partial charge is 0.378 e. The van der Waals surface area contributed by atoms with Crippen LogP contribution in [0.15, 0.2) is 30.6 Å². The quantitative estimate of drug-likeness (QED) is 0.471. The van der Waals surface area contributed by atoms with Gasteiger partial charge in [-0.1, -0.05) is 0 Å². The van der Waals surface area contributed by atoms with Crippen LogP contribution in [0.1, 0.15) is 5.82 Å². The van der Waals surface area contributed by atoms with Crippen molar-refractivity contribution in [3.8, 4) is 11.3 Å². The molecule has 0 aromatic carbocycles. The van der Waals surface area contributed by atoms with Crippen molar-refractivity contribution >= 4 is 28.6 Å². The highest BCUT2D eigenvalue weighted by molar-refractivity contribution is 7.82. The minimum atomic E-state index is -2.81. The smallest absolute Gasteiger partial charge is 0.279 e. The second-order valence-electron chi connectivity index (χ2n) is 8.01. The molecule has 2 aliphatic heterocycles. The normalized spacial score (nSPS) is 21.0. The number of pyridine rings is 1. The SMILES string of the molecule is CS(=O)NCC1CN(c2cc(-c3cnc(/C=C\C(=N)C(F)F)[nH]3)ccn2)CCN1C1COC1. The van der Waals surface area contributed by atoms with Crippen molar-refractivity contribution in [2.75, 3.05) is 50.5 Å². The number of hydrogen-bond donors (Lipinski definition) is 3. The zero-order chi connectivity index (χ0) is 23.4. The third-order valence-electron chi connectivity index (χ3n) is 5.77. The van der Waals surface area contributed by atoms with Gasteiger partial charge in [-0.15, -0.1) is 0 Å². The van der Waals surface area contributed by atoms with Gasteiger partial charge in [-0.25, -0.2) is 27.7 Å². The van der Waals surface area contributed by atoms with Crippen LogP contribution in [0.2, 0.25) is 0 Å². The Labute approximate surface area is 193 Å². The number of nitrogens with zero attached hydrogens (tertiary/aromatic N) is 4. The molecule has 2 aromatic rings. The van der Waals surface area contributed by atoms with E-state index >= 15 is 0 Å². The molecule has 2 atom stereocenters. The van der Waals surface area contributed by atoms with Gasteiger partial charge in [0.05, 0.1) is 47.8 Å². The molecule has 2 unspecified atom stereocenters. The van der Waals surface area contributed by atoms with Gasteiger partial charge in [0.2, 0.25) is 0 Å². The number of imidazole rings is 1. The number of H-pyrrole nitrogens is 1. The van der Waals surface area contributed by atoms with Gasteiger partial charge in [0.25, 0.3) is 6.43 Å². The van der Waals surface area contributed by atoms with E-state index in [0.717, 1.165) is 56.0 Å². The number of alkyl halides is 2. The standard InChI is InChI=1S/C21H27F2N7O2S/c1-33(31)27-9-15-11-29(6-7-30(15)16-12-32-13-16)20-8-14(4-5-25-20)18-10-26-19(28-18)3-2-17(24)21(22)23/h2-5,8,10,15-16,21,24,27H,6-7,9,11-13H2,1H3,(H,26,28)/b3-2-,24-17?. The molecule has 2 aromatic heterocycles. The lowest BCUT2D eigenvalue weighted by Crippen LogP contribution is -2.63. The number of rotatable bonds is 9. The summed E-state index contributed by atoms with van der Waals surface area (Å²) < 4.78 is 45.0. The average molecular weight is 480 g/mol. The fourth-order valence-electron chi connectivity index (χ4n) is 3.94.